The number of hydrogen-bond acceptors (Lipinski definition) is 4. The second kappa shape index (κ2) is 1.91. The Balaban J connectivity index is 3.12. The fraction of sp³-hybridized carbons (Fsp3) is 0. The van der Waals surface area contributed by atoms with Crippen molar-refractivity contribution in [3.05, 3.63) is 3.70 Å². The summed E-state index contributed by atoms with van der Waals surface area (Å²) in [5.74, 6) is 0. The van der Waals surface area contributed by atoms with Gasteiger partial charge in [-0.3, -0.25) is 0 Å². The molecule has 1 aromatic rings. The van der Waals surface area contributed by atoms with Gasteiger partial charge >= 0.3 is 0 Å². The Bertz CT molecular complexity index is 145. The molecule has 0 aliphatic rings. The minimum absolute atomic E-state index is 0.695. The number of nitrogens with two attached hydrogens (primary N) is 1. The van der Waals surface area contributed by atoms with Crippen molar-refractivity contribution in [3.63, 3.8) is 0 Å². The van der Waals surface area contributed by atoms with E-state index in [4.69, 9.17) is 5.73 Å². The second-order valence-corrected chi connectivity index (χ2v) is 2.74. The molecule has 1 rings (SSSR count). The molecule has 0 unspecified atom stereocenters. The van der Waals surface area contributed by atoms with E-state index in [1.807, 2.05) is 22.6 Å². The minimum atomic E-state index is 0.695. The maximum atomic E-state index is 5.33. The van der Waals surface area contributed by atoms with Crippen LogP contribution in [0.1, 0.15) is 0 Å². The Labute approximate surface area is 58.2 Å². The molecule has 0 aromatic carbocycles. The third kappa shape index (κ3) is 1.00. The van der Waals surface area contributed by atoms with Crippen LogP contribution in [0.15, 0.2) is 0 Å². The molecule has 2 N–H and O–H groups in total. The monoisotopic (exact) mass is 227 g/mol. The largest absolute Gasteiger partial charge is 0.387 e. The lowest BCUT2D eigenvalue weighted by atomic mass is 10.9. The maximum absolute atomic E-state index is 5.33. The van der Waals surface area contributed by atoms with Gasteiger partial charge in [-0.05, 0) is 22.6 Å². The third-order valence-electron chi connectivity index (χ3n) is 0.471. The van der Waals surface area contributed by atoms with Crippen molar-refractivity contribution >= 4 is 39.1 Å². The predicted molar refractivity (Wildman–Crippen MR) is 37.0 cm³/mol. The number of halogens is 1. The van der Waals surface area contributed by atoms with Gasteiger partial charge in [0.2, 0.25) is 0 Å². The number of aromatic nitrogens is 2. The molecule has 3 nitrogen and oxygen atoms in total. The molecule has 0 fully saturated rings. The van der Waals surface area contributed by atoms with Gasteiger partial charge in [0.25, 0.3) is 0 Å². The average molecular weight is 227 g/mol. The van der Waals surface area contributed by atoms with E-state index in [0.29, 0.717) is 5.00 Å². The Hall–Kier alpha value is 0.0900. The van der Waals surface area contributed by atoms with Crippen molar-refractivity contribution < 1.29 is 0 Å². The lowest BCUT2D eigenvalue weighted by Crippen LogP contribution is -1.80. The third-order valence-corrected chi connectivity index (χ3v) is 2.19. The van der Waals surface area contributed by atoms with Crippen molar-refractivity contribution in [2.45, 2.75) is 0 Å². The smallest absolute Gasteiger partial charge is 0.159 e. The SMILES string of the molecule is Nc1snnc1I. The Morgan fingerprint density at radius 1 is 1.71 bits per heavy atom. The summed E-state index contributed by atoms with van der Waals surface area (Å²) >= 11 is 3.24. The van der Waals surface area contributed by atoms with Crippen LogP contribution in [0.5, 0.6) is 0 Å². The normalized spacial score (nSPS) is 9.29. The zero-order valence-electron chi connectivity index (χ0n) is 3.26. The van der Waals surface area contributed by atoms with Crippen LogP contribution in [-0.4, -0.2) is 9.59 Å². The van der Waals surface area contributed by atoms with E-state index in [-0.39, 0.29) is 0 Å². The molecule has 0 saturated carbocycles. The van der Waals surface area contributed by atoms with E-state index in [9.17, 15) is 0 Å². The van der Waals surface area contributed by atoms with E-state index in [0.717, 1.165) is 3.70 Å². The summed E-state index contributed by atoms with van der Waals surface area (Å²) in [5, 5.41) is 4.34. The van der Waals surface area contributed by atoms with Crippen LogP contribution in [-0.2, 0) is 0 Å². The van der Waals surface area contributed by atoms with Gasteiger partial charge in [0, 0.05) is 11.5 Å². The van der Waals surface area contributed by atoms with Crippen LogP contribution in [0.4, 0.5) is 5.00 Å². The highest BCUT2D eigenvalue weighted by atomic mass is 127. The molecular formula is C2H2IN3S. The van der Waals surface area contributed by atoms with Crippen molar-refractivity contribution in [2.24, 2.45) is 0 Å². The van der Waals surface area contributed by atoms with Gasteiger partial charge in [0.1, 0.15) is 5.00 Å². The van der Waals surface area contributed by atoms with E-state index < -0.39 is 0 Å². The second-order valence-electron chi connectivity index (χ2n) is 0.928. The molecule has 5 heteroatoms. The van der Waals surface area contributed by atoms with E-state index in [1.54, 1.807) is 0 Å². The Morgan fingerprint density at radius 3 is 2.57 bits per heavy atom. The molecular weight excluding hydrogens is 225 g/mol. The van der Waals surface area contributed by atoms with Gasteiger partial charge in [-0.25, -0.2) is 0 Å². The molecule has 0 amide bonds. The summed E-state index contributed by atoms with van der Waals surface area (Å²) in [6.07, 6.45) is 0. The summed E-state index contributed by atoms with van der Waals surface area (Å²) < 4.78 is 4.37. The zero-order chi connectivity index (χ0) is 5.28. The summed E-state index contributed by atoms with van der Waals surface area (Å²) in [6.45, 7) is 0. The topological polar surface area (TPSA) is 51.8 Å². The average Bonchev–Trinajstić information content (AvgIpc) is 1.91. The number of hydrogen-bond donors (Lipinski definition) is 1. The first-order chi connectivity index (χ1) is 3.30. The van der Waals surface area contributed by atoms with Crippen molar-refractivity contribution in [1.82, 2.24) is 9.59 Å². The highest BCUT2D eigenvalue weighted by Crippen LogP contribution is 2.13. The van der Waals surface area contributed by atoms with Gasteiger partial charge < -0.3 is 5.73 Å². The summed E-state index contributed by atoms with van der Waals surface area (Å²) in [4.78, 5) is 0. The van der Waals surface area contributed by atoms with Gasteiger partial charge in [0.05, 0.1) is 0 Å². The van der Waals surface area contributed by atoms with E-state index in [2.05, 4.69) is 9.59 Å². The standard InChI is InChI=1S/C2H2IN3S/c3-1-2(4)7-6-5-1/h4H2. The highest BCUT2D eigenvalue weighted by molar-refractivity contribution is 14.1. The lowest BCUT2D eigenvalue weighted by molar-refractivity contribution is 1.12. The molecule has 0 radical (unpaired) electrons. The Kier molecular flexibility index (Phi) is 1.43. The van der Waals surface area contributed by atoms with Crippen LogP contribution >= 0.6 is 34.1 Å². The van der Waals surface area contributed by atoms with Gasteiger partial charge in [-0.1, -0.05) is 4.49 Å². The van der Waals surface area contributed by atoms with Crippen molar-refractivity contribution in [1.29, 1.82) is 0 Å². The van der Waals surface area contributed by atoms with Gasteiger partial charge in [-0.2, -0.15) is 0 Å². The molecule has 0 aliphatic carbocycles. The highest BCUT2D eigenvalue weighted by Gasteiger charge is 1.94. The number of rotatable bonds is 0. The zero-order valence-corrected chi connectivity index (χ0v) is 6.23. The molecule has 0 spiro atoms. The number of nitrogen functional groups attached to an aromatic ring is 1. The molecule has 0 bridgehead atoms. The van der Waals surface area contributed by atoms with Crippen LogP contribution in [0.3, 0.4) is 0 Å². The fourth-order valence-corrected chi connectivity index (χ4v) is 1.06. The predicted octanol–water partition coefficient (Wildman–Crippen LogP) is 0.725. The molecule has 0 atom stereocenters. The van der Waals surface area contributed by atoms with Gasteiger partial charge in [-0.15, -0.1) is 5.10 Å². The summed E-state index contributed by atoms with van der Waals surface area (Å²) in [6, 6.07) is 0. The number of nitrogens with zero attached hydrogens (tertiary/aromatic N) is 2. The quantitative estimate of drug-likeness (QED) is 0.664. The van der Waals surface area contributed by atoms with Gasteiger partial charge in [0.15, 0.2) is 3.70 Å². The molecule has 0 aliphatic heterocycles. The van der Waals surface area contributed by atoms with Crippen molar-refractivity contribution in [3.8, 4) is 0 Å². The van der Waals surface area contributed by atoms with Crippen LogP contribution in [0.2, 0.25) is 0 Å². The molecule has 1 heterocycles. The fourth-order valence-electron chi connectivity index (χ4n) is 0.187. The first-order valence-corrected chi connectivity index (χ1v) is 3.39. The molecule has 0 saturated heterocycles. The minimum Gasteiger partial charge on any atom is -0.387 e. The first-order valence-electron chi connectivity index (χ1n) is 1.54. The van der Waals surface area contributed by atoms with Crippen LogP contribution in [0.25, 0.3) is 0 Å². The van der Waals surface area contributed by atoms with Crippen LogP contribution < -0.4 is 5.73 Å². The maximum Gasteiger partial charge on any atom is 0.159 e. The van der Waals surface area contributed by atoms with E-state index in [1.165, 1.54) is 11.5 Å². The molecule has 38 valence electrons. The summed E-state index contributed by atoms with van der Waals surface area (Å²) in [7, 11) is 0. The molecule has 7 heavy (non-hydrogen) atoms. The van der Waals surface area contributed by atoms with Crippen molar-refractivity contribution in [2.75, 3.05) is 5.73 Å². The lowest BCUT2D eigenvalue weighted by Gasteiger charge is -1.73. The summed E-state index contributed by atoms with van der Waals surface area (Å²) in [5.41, 5.74) is 5.33. The molecule has 1 aromatic heterocycles. The van der Waals surface area contributed by atoms with Crippen LogP contribution in [0, 0.1) is 3.70 Å². The first kappa shape index (κ1) is 5.23. The Morgan fingerprint density at radius 2 is 2.43 bits per heavy atom. The van der Waals surface area contributed by atoms with E-state index >= 15 is 0 Å². The number of anilines is 1.